The fourth-order valence-electron chi connectivity index (χ4n) is 3.06. The van der Waals surface area contributed by atoms with Gasteiger partial charge in [-0.1, -0.05) is 0 Å². The highest BCUT2D eigenvalue weighted by Gasteiger charge is 2.34. The van der Waals surface area contributed by atoms with Crippen molar-refractivity contribution in [1.29, 1.82) is 0 Å². The third-order valence-electron chi connectivity index (χ3n) is 3.85. The Bertz CT molecular complexity index is 347. The second kappa shape index (κ2) is 4.22. The molecule has 2 saturated heterocycles. The van der Waals surface area contributed by atoms with E-state index in [0.717, 1.165) is 30.0 Å². The molecule has 3 rings (SSSR count). The molecule has 3 heteroatoms. The van der Waals surface area contributed by atoms with Crippen LogP contribution in [-0.4, -0.2) is 30.6 Å². The summed E-state index contributed by atoms with van der Waals surface area (Å²) in [6.07, 6.45) is 2.74. The van der Waals surface area contributed by atoms with Crippen molar-refractivity contribution in [3.8, 4) is 0 Å². The maximum atomic E-state index is 5.64. The smallest absolute Gasteiger partial charge is 0.118 e. The molecule has 1 aromatic rings. The van der Waals surface area contributed by atoms with Crippen molar-refractivity contribution in [3.05, 3.63) is 23.7 Å². The van der Waals surface area contributed by atoms with Gasteiger partial charge < -0.3 is 9.73 Å². The van der Waals surface area contributed by atoms with Crippen molar-refractivity contribution in [2.75, 3.05) is 19.6 Å². The van der Waals surface area contributed by atoms with Crippen LogP contribution in [-0.2, 0) is 6.54 Å². The topological polar surface area (TPSA) is 28.4 Å². The minimum absolute atomic E-state index is 0.727. The van der Waals surface area contributed by atoms with Crippen LogP contribution in [0.1, 0.15) is 24.4 Å². The van der Waals surface area contributed by atoms with Gasteiger partial charge in [-0.25, -0.2) is 0 Å². The molecule has 2 aliphatic rings. The van der Waals surface area contributed by atoms with E-state index in [0.29, 0.717) is 0 Å². The summed E-state index contributed by atoms with van der Waals surface area (Å²) in [7, 11) is 0. The van der Waals surface area contributed by atoms with Crippen molar-refractivity contribution in [3.63, 3.8) is 0 Å². The van der Waals surface area contributed by atoms with Crippen LogP contribution in [0, 0.1) is 12.8 Å². The highest BCUT2D eigenvalue weighted by molar-refractivity contribution is 5.06. The molecule has 3 heterocycles. The third-order valence-corrected chi connectivity index (χ3v) is 3.85. The Hall–Kier alpha value is -0.800. The standard InChI is InChI=1S/C13H20N2O/c1-10-4-5-12(16-10)8-15-7-11-3-2-6-14-13(11)9-15/h4-5,11,13-14H,2-3,6-9H2,1H3/t11-,13+/m0/s1. The lowest BCUT2D eigenvalue weighted by Crippen LogP contribution is -2.40. The Morgan fingerprint density at radius 1 is 1.44 bits per heavy atom. The number of rotatable bonds is 2. The van der Waals surface area contributed by atoms with E-state index in [1.807, 2.05) is 6.92 Å². The molecule has 0 spiro atoms. The molecule has 2 atom stereocenters. The molecular formula is C13H20N2O. The van der Waals surface area contributed by atoms with E-state index in [1.54, 1.807) is 0 Å². The SMILES string of the molecule is Cc1ccc(CN2C[C@@H]3CCCN[C@@H]3C2)o1. The lowest BCUT2D eigenvalue weighted by molar-refractivity contribution is 0.282. The first-order chi connectivity index (χ1) is 7.81. The summed E-state index contributed by atoms with van der Waals surface area (Å²) in [6, 6.07) is 4.88. The van der Waals surface area contributed by atoms with Crippen LogP contribution in [0.4, 0.5) is 0 Å². The Labute approximate surface area is 96.8 Å². The van der Waals surface area contributed by atoms with Gasteiger partial charge in [-0.15, -0.1) is 0 Å². The van der Waals surface area contributed by atoms with Crippen LogP contribution in [0.3, 0.4) is 0 Å². The lowest BCUT2D eigenvalue weighted by Gasteiger charge is -2.24. The molecule has 2 fully saturated rings. The molecular weight excluding hydrogens is 200 g/mol. The Morgan fingerprint density at radius 2 is 2.38 bits per heavy atom. The van der Waals surface area contributed by atoms with Gasteiger partial charge in [0.2, 0.25) is 0 Å². The van der Waals surface area contributed by atoms with E-state index < -0.39 is 0 Å². The quantitative estimate of drug-likeness (QED) is 0.823. The summed E-state index contributed by atoms with van der Waals surface area (Å²) in [6.45, 7) is 6.61. The largest absolute Gasteiger partial charge is 0.465 e. The number of aryl methyl sites for hydroxylation is 1. The first kappa shape index (κ1) is 10.4. The van der Waals surface area contributed by atoms with Gasteiger partial charge in [0, 0.05) is 19.1 Å². The lowest BCUT2D eigenvalue weighted by atomic mass is 9.94. The van der Waals surface area contributed by atoms with Gasteiger partial charge in [-0.3, -0.25) is 4.90 Å². The average Bonchev–Trinajstić information content (AvgIpc) is 2.84. The Morgan fingerprint density at radius 3 is 3.12 bits per heavy atom. The van der Waals surface area contributed by atoms with Crippen molar-refractivity contribution in [2.45, 2.75) is 32.4 Å². The predicted molar refractivity (Wildman–Crippen MR) is 63.2 cm³/mol. The number of furan rings is 1. The molecule has 0 unspecified atom stereocenters. The van der Waals surface area contributed by atoms with E-state index in [1.165, 1.54) is 32.5 Å². The molecule has 3 nitrogen and oxygen atoms in total. The van der Waals surface area contributed by atoms with Gasteiger partial charge in [0.05, 0.1) is 6.54 Å². The summed E-state index contributed by atoms with van der Waals surface area (Å²) in [4.78, 5) is 2.52. The van der Waals surface area contributed by atoms with Gasteiger partial charge in [0.15, 0.2) is 0 Å². The molecule has 0 radical (unpaired) electrons. The number of nitrogens with zero attached hydrogens (tertiary/aromatic N) is 1. The number of piperidine rings is 1. The molecule has 88 valence electrons. The van der Waals surface area contributed by atoms with Crippen LogP contribution < -0.4 is 5.32 Å². The first-order valence-corrected chi connectivity index (χ1v) is 6.32. The van der Waals surface area contributed by atoms with Crippen LogP contribution in [0.2, 0.25) is 0 Å². The fraction of sp³-hybridized carbons (Fsp3) is 0.692. The van der Waals surface area contributed by atoms with Crippen molar-refractivity contribution >= 4 is 0 Å². The minimum atomic E-state index is 0.727. The second-order valence-electron chi connectivity index (χ2n) is 5.17. The van der Waals surface area contributed by atoms with Crippen LogP contribution >= 0.6 is 0 Å². The normalized spacial score (nSPS) is 30.6. The number of nitrogens with one attached hydrogen (secondary N) is 1. The summed E-state index contributed by atoms with van der Waals surface area (Å²) in [5.74, 6) is 2.99. The van der Waals surface area contributed by atoms with Gasteiger partial charge in [-0.2, -0.15) is 0 Å². The molecule has 0 aliphatic carbocycles. The highest BCUT2D eigenvalue weighted by Crippen LogP contribution is 2.26. The zero-order valence-corrected chi connectivity index (χ0v) is 9.91. The van der Waals surface area contributed by atoms with E-state index >= 15 is 0 Å². The zero-order chi connectivity index (χ0) is 11.0. The van der Waals surface area contributed by atoms with E-state index in [2.05, 4.69) is 22.3 Å². The second-order valence-corrected chi connectivity index (χ2v) is 5.17. The van der Waals surface area contributed by atoms with E-state index in [9.17, 15) is 0 Å². The molecule has 16 heavy (non-hydrogen) atoms. The Balaban J connectivity index is 1.61. The van der Waals surface area contributed by atoms with Crippen molar-refractivity contribution in [2.24, 2.45) is 5.92 Å². The van der Waals surface area contributed by atoms with Crippen molar-refractivity contribution < 1.29 is 4.42 Å². The van der Waals surface area contributed by atoms with Gasteiger partial charge in [0.1, 0.15) is 11.5 Å². The molecule has 1 aromatic heterocycles. The number of likely N-dealkylation sites (tertiary alicyclic amines) is 1. The summed E-state index contributed by atoms with van der Waals surface area (Å²) in [5, 5.41) is 3.63. The number of hydrogen-bond donors (Lipinski definition) is 1. The average molecular weight is 220 g/mol. The fourth-order valence-corrected chi connectivity index (χ4v) is 3.06. The summed E-state index contributed by atoms with van der Waals surface area (Å²) < 4.78 is 5.64. The number of fused-ring (bicyclic) bond motifs is 1. The Kier molecular flexibility index (Phi) is 2.74. The molecule has 1 N–H and O–H groups in total. The maximum absolute atomic E-state index is 5.64. The van der Waals surface area contributed by atoms with Crippen LogP contribution in [0.5, 0.6) is 0 Å². The summed E-state index contributed by atoms with van der Waals surface area (Å²) >= 11 is 0. The van der Waals surface area contributed by atoms with E-state index in [4.69, 9.17) is 4.42 Å². The molecule has 0 bridgehead atoms. The maximum Gasteiger partial charge on any atom is 0.118 e. The molecule has 0 amide bonds. The number of hydrogen-bond acceptors (Lipinski definition) is 3. The van der Waals surface area contributed by atoms with Crippen LogP contribution in [0.15, 0.2) is 16.5 Å². The first-order valence-electron chi connectivity index (χ1n) is 6.32. The van der Waals surface area contributed by atoms with Gasteiger partial charge in [-0.05, 0) is 44.4 Å². The van der Waals surface area contributed by atoms with Crippen LogP contribution in [0.25, 0.3) is 0 Å². The van der Waals surface area contributed by atoms with Gasteiger partial charge in [0.25, 0.3) is 0 Å². The van der Waals surface area contributed by atoms with E-state index in [-0.39, 0.29) is 0 Å². The summed E-state index contributed by atoms with van der Waals surface area (Å²) in [5.41, 5.74) is 0. The monoisotopic (exact) mass is 220 g/mol. The predicted octanol–water partition coefficient (Wildman–Crippen LogP) is 1.77. The molecule has 0 aromatic carbocycles. The minimum Gasteiger partial charge on any atom is -0.465 e. The molecule has 0 saturated carbocycles. The van der Waals surface area contributed by atoms with Gasteiger partial charge >= 0.3 is 0 Å². The third kappa shape index (κ3) is 2.02. The zero-order valence-electron chi connectivity index (χ0n) is 9.91. The highest BCUT2D eigenvalue weighted by atomic mass is 16.3. The molecule has 2 aliphatic heterocycles. The van der Waals surface area contributed by atoms with Crippen molar-refractivity contribution in [1.82, 2.24) is 10.2 Å².